The first-order valence-corrected chi connectivity index (χ1v) is 7.60. The first-order chi connectivity index (χ1) is 11.1. The number of fused-ring (bicyclic) bond motifs is 1. The van der Waals surface area contributed by atoms with E-state index in [2.05, 4.69) is 9.97 Å². The molecule has 2 aromatic rings. The summed E-state index contributed by atoms with van der Waals surface area (Å²) in [6.07, 6.45) is 3.52. The summed E-state index contributed by atoms with van der Waals surface area (Å²) in [5, 5.41) is 0. The largest absolute Gasteiger partial charge is 0.363 e. The van der Waals surface area contributed by atoms with Gasteiger partial charge in [-0.3, -0.25) is 9.59 Å². The molecular formula is C17H18N4O2. The fourth-order valence-corrected chi connectivity index (χ4v) is 2.69. The fraction of sp³-hybridized carbons (Fsp3) is 0.294. The molecule has 0 saturated heterocycles. The van der Waals surface area contributed by atoms with Crippen molar-refractivity contribution in [2.75, 3.05) is 6.54 Å². The number of aromatic nitrogens is 2. The number of primary amides is 1. The van der Waals surface area contributed by atoms with Crippen molar-refractivity contribution in [3.63, 3.8) is 0 Å². The lowest BCUT2D eigenvalue weighted by Crippen LogP contribution is -2.37. The van der Waals surface area contributed by atoms with Crippen LogP contribution in [-0.4, -0.2) is 33.2 Å². The van der Waals surface area contributed by atoms with Gasteiger partial charge in [-0.2, -0.15) is 0 Å². The summed E-state index contributed by atoms with van der Waals surface area (Å²) in [5.74, 6) is -0.554. The van der Waals surface area contributed by atoms with E-state index in [1.807, 2.05) is 30.3 Å². The molecule has 23 heavy (non-hydrogen) atoms. The second-order valence-corrected chi connectivity index (χ2v) is 5.58. The van der Waals surface area contributed by atoms with E-state index in [9.17, 15) is 9.59 Å². The van der Waals surface area contributed by atoms with Gasteiger partial charge in [-0.15, -0.1) is 0 Å². The molecule has 1 aliphatic heterocycles. The SMILES string of the molecule is NC(=O)c1ncc2c(n1)CN(C(=O)CCc1ccccc1)CC2. The predicted octanol–water partition coefficient (Wildman–Crippen LogP) is 1.09. The van der Waals surface area contributed by atoms with Gasteiger partial charge in [0.05, 0.1) is 12.2 Å². The molecule has 0 unspecified atom stereocenters. The lowest BCUT2D eigenvalue weighted by Gasteiger charge is -2.28. The zero-order valence-corrected chi connectivity index (χ0v) is 12.7. The van der Waals surface area contributed by atoms with Crippen LogP contribution < -0.4 is 5.73 Å². The number of benzene rings is 1. The number of hydrogen-bond donors (Lipinski definition) is 1. The summed E-state index contributed by atoms with van der Waals surface area (Å²) in [5.41, 5.74) is 8.05. The van der Waals surface area contributed by atoms with Crippen molar-refractivity contribution in [1.82, 2.24) is 14.9 Å². The van der Waals surface area contributed by atoms with Gasteiger partial charge < -0.3 is 10.6 Å². The van der Waals surface area contributed by atoms with Crippen LogP contribution in [0.25, 0.3) is 0 Å². The van der Waals surface area contributed by atoms with Crippen molar-refractivity contribution >= 4 is 11.8 Å². The Kier molecular flexibility index (Phi) is 4.32. The Morgan fingerprint density at radius 1 is 1.22 bits per heavy atom. The number of nitrogens with two attached hydrogens (primary N) is 1. The van der Waals surface area contributed by atoms with Gasteiger partial charge in [-0.25, -0.2) is 9.97 Å². The average molecular weight is 310 g/mol. The average Bonchev–Trinajstić information content (AvgIpc) is 2.59. The molecule has 1 aromatic carbocycles. The van der Waals surface area contributed by atoms with E-state index in [1.165, 1.54) is 0 Å². The zero-order valence-electron chi connectivity index (χ0n) is 12.7. The van der Waals surface area contributed by atoms with Gasteiger partial charge in [0.25, 0.3) is 5.91 Å². The Morgan fingerprint density at radius 3 is 2.74 bits per heavy atom. The smallest absolute Gasteiger partial charge is 0.286 e. The van der Waals surface area contributed by atoms with Gasteiger partial charge in [0.15, 0.2) is 0 Å². The number of carbonyl (C=O) groups is 2. The highest BCUT2D eigenvalue weighted by Crippen LogP contribution is 2.17. The third-order valence-corrected chi connectivity index (χ3v) is 3.99. The monoisotopic (exact) mass is 310 g/mol. The molecule has 0 spiro atoms. The Morgan fingerprint density at radius 2 is 2.00 bits per heavy atom. The van der Waals surface area contributed by atoms with Crippen molar-refractivity contribution in [2.45, 2.75) is 25.8 Å². The van der Waals surface area contributed by atoms with Crippen molar-refractivity contribution in [2.24, 2.45) is 5.73 Å². The molecule has 6 heteroatoms. The van der Waals surface area contributed by atoms with Crippen molar-refractivity contribution in [3.8, 4) is 0 Å². The molecule has 0 atom stereocenters. The molecule has 118 valence electrons. The first kappa shape index (κ1) is 15.1. The summed E-state index contributed by atoms with van der Waals surface area (Å²) in [6.45, 7) is 1.06. The molecule has 2 heterocycles. The van der Waals surface area contributed by atoms with E-state index in [0.717, 1.165) is 17.5 Å². The summed E-state index contributed by atoms with van der Waals surface area (Å²) >= 11 is 0. The van der Waals surface area contributed by atoms with Gasteiger partial charge in [-0.1, -0.05) is 30.3 Å². The highest BCUT2D eigenvalue weighted by molar-refractivity contribution is 5.88. The van der Waals surface area contributed by atoms with Crippen LogP contribution in [0, 0.1) is 0 Å². The van der Waals surface area contributed by atoms with E-state index < -0.39 is 5.91 Å². The van der Waals surface area contributed by atoms with Gasteiger partial charge in [-0.05, 0) is 24.0 Å². The standard InChI is InChI=1S/C17H18N4O2/c18-16(23)17-19-10-13-8-9-21(11-14(13)20-17)15(22)7-6-12-4-2-1-3-5-12/h1-5,10H,6-9,11H2,(H2,18,23). The van der Waals surface area contributed by atoms with Gasteiger partial charge in [0, 0.05) is 19.2 Å². The van der Waals surface area contributed by atoms with Gasteiger partial charge in [0.2, 0.25) is 11.7 Å². The Labute approximate surface area is 134 Å². The minimum atomic E-state index is -0.652. The highest BCUT2D eigenvalue weighted by atomic mass is 16.2. The van der Waals surface area contributed by atoms with E-state index in [1.54, 1.807) is 11.1 Å². The van der Waals surface area contributed by atoms with Gasteiger partial charge in [0.1, 0.15) is 0 Å². The molecule has 6 nitrogen and oxygen atoms in total. The Bertz CT molecular complexity index is 731. The summed E-state index contributed by atoms with van der Waals surface area (Å²) < 4.78 is 0. The molecule has 0 saturated carbocycles. The maximum absolute atomic E-state index is 12.4. The maximum Gasteiger partial charge on any atom is 0.286 e. The topological polar surface area (TPSA) is 89.2 Å². The number of amides is 2. The Balaban J connectivity index is 1.65. The quantitative estimate of drug-likeness (QED) is 0.915. The minimum absolute atomic E-state index is 0.00216. The van der Waals surface area contributed by atoms with E-state index >= 15 is 0 Å². The van der Waals surface area contributed by atoms with E-state index in [-0.39, 0.29) is 11.7 Å². The van der Waals surface area contributed by atoms with Crippen LogP contribution >= 0.6 is 0 Å². The summed E-state index contributed by atoms with van der Waals surface area (Å²) in [7, 11) is 0. The molecule has 2 N–H and O–H groups in total. The molecular weight excluding hydrogens is 292 g/mol. The lowest BCUT2D eigenvalue weighted by atomic mass is 10.1. The van der Waals surface area contributed by atoms with Crippen LogP contribution in [-0.2, 0) is 24.2 Å². The highest BCUT2D eigenvalue weighted by Gasteiger charge is 2.22. The zero-order chi connectivity index (χ0) is 16.2. The fourth-order valence-electron chi connectivity index (χ4n) is 2.69. The van der Waals surface area contributed by atoms with E-state index in [4.69, 9.17) is 5.73 Å². The number of hydrogen-bond acceptors (Lipinski definition) is 4. The second-order valence-electron chi connectivity index (χ2n) is 5.58. The minimum Gasteiger partial charge on any atom is -0.363 e. The molecule has 1 aliphatic rings. The van der Waals surface area contributed by atoms with Crippen LogP contribution in [0.3, 0.4) is 0 Å². The van der Waals surface area contributed by atoms with Crippen molar-refractivity contribution in [3.05, 3.63) is 59.2 Å². The third-order valence-electron chi connectivity index (χ3n) is 3.99. The van der Waals surface area contributed by atoms with E-state index in [0.29, 0.717) is 31.6 Å². The molecule has 1 aromatic heterocycles. The molecule has 0 aliphatic carbocycles. The Hall–Kier alpha value is -2.76. The normalized spacial score (nSPS) is 13.5. The van der Waals surface area contributed by atoms with Crippen LogP contribution in [0.1, 0.15) is 33.9 Å². The molecule has 0 radical (unpaired) electrons. The van der Waals surface area contributed by atoms with Crippen molar-refractivity contribution in [1.29, 1.82) is 0 Å². The predicted molar refractivity (Wildman–Crippen MR) is 84.4 cm³/mol. The maximum atomic E-state index is 12.4. The number of nitrogens with zero attached hydrogens (tertiary/aromatic N) is 3. The lowest BCUT2D eigenvalue weighted by molar-refractivity contribution is -0.132. The second kappa shape index (κ2) is 6.56. The first-order valence-electron chi connectivity index (χ1n) is 7.60. The van der Waals surface area contributed by atoms with Gasteiger partial charge >= 0.3 is 0 Å². The summed E-state index contributed by atoms with van der Waals surface area (Å²) in [6, 6.07) is 9.94. The molecule has 0 bridgehead atoms. The summed E-state index contributed by atoms with van der Waals surface area (Å²) in [4.78, 5) is 33.5. The van der Waals surface area contributed by atoms with Crippen LogP contribution in [0.2, 0.25) is 0 Å². The molecule has 3 rings (SSSR count). The van der Waals surface area contributed by atoms with Crippen LogP contribution in [0.5, 0.6) is 0 Å². The number of carbonyl (C=O) groups excluding carboxylic acids is 2. The van der Waals surface area contributed by atoms with Crippen LogP contribution in [0.4, 0.5) is 0 Å². The molecule has 2 amide bonds. The number of aryl methyl sites for hydroxylation is 1. The van der Waals surface area contributed by atoms with Crippen molar-refractivity contribution < 1.29 is 9.59 Å². The van der Waals surface area contributed by atoms with Crippen LogP contribution in [0.15, 0.2) is 36.5 Å². The number of rotatable bonds is 4. The molecule has 0 fully saturated rings. The third kappa shape index (κ3) is 3.53.